The number of hydrogen-bond acceptors (Lipinski definition) is 5. The number of carbonyl (C=O) groups excluding carboxylic acids is 1. The van der Waals surface area contributed by atoms with Gasteiger partial charge in [0, 0.05) is 13.1 Å². The van der Waals surface area contributed by atoms with E-state index in [-0.39, 0.29) is 5.91 Å². The molecule has 1 aliphatic heterocycles. The molecule has 4 rings (SSSR count). The van der Waals surface area contributed by atoms with Gasteiger partial charge >= 0.3 is 0 Å². The van der Waals surface area contributed by atoms with E-state index in [0.29, 0.717) is 32.1 Å². The van der Waals surface area contributed by atoms with Crippen molar-refractivity contribution in [1.29, 1.82) is 0 Å². The van der Waals surface area contributed by atoms with Crippen molar-refractivity contribution in [2.24, 2.45) is 5.10 Å². The van der Waals surface area contributed by atoms with Gasteiger partial charge in [-0.05, 0) is 65.9 Å². The average molecular weight is 561 g/mol. The lowest BCUT2D eigenvalue weighted by Gasteiger charge is -2.25. The van der Waals surface area contributed by atoms with Gasteiger partial charge in [-0.3, -0.25) is 9.69 Å². The van der Waals surface area contributed by atoms with E-state index in [9.17, 15) is 4.79 Å². The number of nitrogens with zero attached hydrogens (tertiary/aromatic N) is 2. The molecule has 0 radical (unpaired) electrons. The zero-order valence-corrected chi connectivity index (χ0v) is 20.6. The predicted octanol–water partition coefficient (Wildman–Crippen LogP) is 4.73. The Labute approximate surface area is 203 Å². The molecule has 1 N–H and O–H groups in total. The lowest BCUT2D eigenvalue weighted by Crippen LogP contribution is -2.42. The Bertz CT molecular complexity index is 1100. The van der Waals surface area contributed by atoms with Crippen molar-refractivity contribution in [2.45, 2.75) is 6.61 Å². The summed E-state index contributed by atoms with van der Waals surface area (Å²) in [6.45, 7) is 3.61. The zero-order chi connectivity index (χ0) is 22.3. The molecule has 1 aliphatic rings. The smallest absolute Gasteiger partial charge is 0.254 e. The molecule has 0 aromatic heterocycles. The number of rotatable bonds is 7. The molecule has 0 saturated carbocycles. The number of hydrogen-bond donors (Lipinski definition) is 1. The van der Waals surface area contributed by atoms with Crippen LogP contribution >= 0.6 is 31.9 Å². The molecule has 0 atom stereocenters. The largest absolute Gasteiger partial charge is 0.487 e. The van der Waals surface area contributed by atoms with Gasteiger partial charge in [-0.2, -0.15) is 5.10 Å². The molecule has 0 aliphatic carbocycles. The highest BCUT2D eigenvalue weighted by atomic mass is 79.9. The standard InChI is InChI=1S/C24H23Br2N3O3/c25-21-12-17(14-27-28-23(30)15-29-8-10-31-11-9-29)13-22(26)24(21)32-16-19-6-3-5-18-4-1-2-7-20(18)19/h1-7,12-14H,8-11,15-16H2,(H,28,30)/b27-14+. The highest BCUT2D eigenvalue weighted by Crippen LogP contribution is 2.35. The molecule has 3 aromatic rings. The third-order valence-electron chi connectivity index (χ3n) is 5.15. The lowest BCUT2D eigenvalue weighted by molar-refractivity contribution is -0.123. The molecule has 6 nitrogen and oxygen atoms in total. The monoisotopic (exact) mass is 559 g/mol. The molecule has 1 saturated heterocycles. The Morgan fingerprint density at radius 2 is 1.81 bits per heavy atom. The van der Waals surface area contributed by atoms with Crippen LogP contribution in [0.25, 0.3) is 10.8 Å². The van der Waals surface area contributed by atoms with Crippen molar-refractivity contribution in [2.75, 3.05) is 32.8 Å². The number of ether oxygens (including phenoxy) is 2. The fourth-order valence-electron chi connectivity index (χ4n) is 3.54. The molecular weight excluding hydrogens is 538 g/mol. The number of benzene rings is 3. The SMILES string of the molecule is O=C(CN1CCOCC1)N/N=C/c1cc(Br)c(OCc2cccc3ccccc23)c(Br)c1. The number of halogens is 2. The summed E-state index contributed by atoms with van der Waals surface area (Å²) in [6.07, 6.45) is 1.61. The minimum absolute atomic E-state index is 0.142. The number of fused-ring (bicyclic) bond motifs is 1. The normalized spacial score (nSPS) is 14.7. The molecule has 1 heterocycles. The Morgan fingerprint density at radius 3 is 2.59 bits per heavy atom. The number of hydrazone groups is 1. The number of amides is 1. The van der Waals surface area contributed by atoms with E-state index in [1.807, 2.05) is 35.2 Å². The van der Waals surface area contributed by atoms with Crippen molar-refractivity contribution >= 4 is 54.8 Å². The van der Waals surface area contributed by atoms with Gasteiger partial charge in [0.15, 0.2) is 0 Å². The molecule has 0 spiro atoms. The Balaban J connectivity index is 1.37. The summed E-state index contributed by atoms with van der Waals surface area (Å²) in [5.74, 6) is 0.572. The van der Waals surface area contributed by atoms with Gasteiger partial charge in [-0.25, -0.2) is 5.43 Å². The van der Waals surface area contributed by atoms with E-state index < -0.39 is 0 Å². The maximum absolute atomic E-state index is 12.1. The molecule has 8 heteroatoms. The third kappa shape index (κ3) is 5.95. The first-order valence-corrected chi connectivity index (χ1v) is 11.9. The van der Waals surface area contributed by atoms with Gasteiger partial charge in [0.25, 0.3) is 5.91 Å². The van der Waals surface area contributed by atoms with E-state index in [1.165, 1.54) is 10.8 Å². The van der Waals surface area contributed by atoms with Crippen LogP contribution in [0.5, 0.6) is 5.75 Å². The van der Waals surface area contributed by atoms with Gasteiger partial charge < -0.3 is 9.47 Å². The maximum atomic E-state index is 12.1. The van der Waals surface area contributed by atoms with Crippen molar-refractivity contribution in [3.63, 3.8) is 0 Å². The lowest BCUT2D eigenvalue weighted by atomic mass is 10.1. The molecular formula is C24H23Br2N3O3. The van der Waals surface area contributed by atoms with Crippen LogP contribution in [0.2, 0.25) is 0 Å². The van der Waals surface area contributed by atoms with Crippen LogP contribution in [0.1, 0.15) is 11.1 Å². The second kappa shape index (κ2) is 11.0. The van der Waals surface area contributed by atoms with Crippen molar-refractivity contribution in [3.05, 3.63) is 74.7 Å². The van der Waals surface area contributed by atoms with Crippen molar-refractivity contribution < 1.29 is 14.3 Å². The van der Waals surface area contributed by atoms with Crippen LogP contribution in [0.4, 0.5) is 0 Å². The van der Waals surface area contributed by atoms with E-state index in [0.717, 1.165) is 33.2 Å². The summed E-state index contributed by atoms with van der Waals surface area (Å²) in [5.41, 5.74) is 4.53. The van der Waals surface area contributed by atoms with Gasteiger partial charge in [0.2, 0.25) is 0 Å². The maximum Gasteiger partial charge on any atom is 0.254 e. The first kappa shape index (κ1) is 22.9. The van der Waals surface area contributed by atoms with Crippen LogP contribution in [-0.4, -0.2) is 49.9 Å². The topological polar surface area (TPSA) is 63.2 Å². The number of carbonyl (C=O) groups is 1. The van der Waals surface area contributed by atoms with Gasteiger partial charge in [-0.1, -0.05) is 42.5 Å². The van der Waals surface area contributed by atoms with Crippen LogP contribution in [0.15, 0.2) is 68.6 Å². The molecule has 0 bridgehead atoms. The minimum Gasteiger partial charge on any atom is -0.487 e. The summed E-state index contributed by atoms with van der Waals surface area (Å²) < 4.78 is 13.0. The van der Waals surface area contributed by atoms with Crippen LogP contribution in [0.3, 0.4) is 0 Å². The van der Waals surface area contributed by atoms with Crippen LogP contribution < -0.4 is 10.2 Å². The summed E-state index contributed by atoms with van der Waals surface area (Å²) in [6, 6.07) is 18.3. The van der Waals surface area contributed by atoms with Gasteiger partial charge in [0.1, 0.15) is 12.4 Å². The summed E-state index contributed by atoms with van der Waals surface area (Å²) in [4.78, 5) is 14.1. The van der Waals surface area contributed by atoms with Crippen LogP contribution in [0, 0.1) is 0 Å². The molecule has 166 valence electrons. The highest BCUT2D eigenvalue weighted by Gasteiger charge is 2.14. The van der Waals surface area contributed by atoms with Gasteiger partial charge in [-0.15, -0.1) is 0 Å². The quantitative estimate of drug-likeness (QED) is 0.335. The van der Waals surface area contributed by atoms with E-state index >= 15 is 0 Å². The molecule has 0 unspecified atom stereocenters. The molecule has 1 fully saturated rings. The molecule has 1 amide bonds. The minimum atomic E-state index is -0.142. The Morgan fingerprint density at radius 1 is 1.09 bits per heavy atom. The second-order valence-corrected chi connectivity index (χ2v) is 9.13. The zero-order valence-electron chi connectivity index (χ0n) is 17.4. The van der Waals surface area contributed by atoms with E-state index in [1.54, 1.807) is 6.21 Å². The predicted molar refractivity (Wildman–Crippen MR) is 133 cm³/mol. The highest BCUT2D eigenvalue weighted by molar-refractivity contribution is 9.11. The summed E-state index contributed by atoms with van der Waals surface area (Å²) in [5, 5.41) is 6.45. The second-order valence-electron chi connectivity index (χ2n) is 7.42. The van der Waals surface area contributed by atoms with E-state index in [2.05, 4.69) is 66.7 Å². The van der Waals surface area contributed by atoms with E-state index in [4.69, 9.17) is 9.47 Å². The summed E-state index contributed by atoms with van der Waals surface area (Å²) in [7, 11) is 0. The average Bonchev–Trinajstić information content (AvgIpc) is 2.79. The fourth-order valence-corrected chi connectivity index (χ4v) is 4.99. The fraction of sp³-hybridized carbons (Fsp3) is 0.250. The molecule has 3 aromatic carbocycles. The first-order chi connectivity index (χ1) is 15.6. The first-order valence-electron chi connectivity index (χ1n) is 10.3. The van der Waals surface area contributed by atoms with Crippen molar-refractivity contribution in [3.8, 4) is 5.75 Å². The third-order valence-corrected chi connectivity index (χ3v) is 6.32. The Kier molecular flexibility index (Phi) is 7.91. The van der Waals surface area contributed by atoms with Gasteiger partial charge in [0.05, 0.1) is 34.9 Å². The Hall–Kier alpha value is -2.26. The van der Waals surface area contributed by atoms with Crippen molar-refractivity contribution in [1.82, 2.24) is 10.3 Å². The number of morpholine rings is 1. The number of nitrogens with one attached hydrogen (secondary N) is 1. The molecule has 32 heavy (non-hydrogen) atoms. The summed E-state index contributed by atoms with van der Waals surface area (Å²) >= 11 is 7.17. The van der Waals surface area contributed by atoms with Crippen LogP contribution in [-0.2, 0) is 16.1 Å².